The lowest BCUT2D eigenvalue weighted by molar-refractivity contribution is 0.304. The number of unbranched alkanes of at least 4 members (excludes halogenated alkanes) is 11. The average Bonchev–Trinajstić information content (AvgIpc) is 2.79. The van der Waals surface area contributed by atoms with Gasteiger partial charge in [-0.1, -0.05) is 84.5 Å². The van der Waals surface area contributed by atoms with Gasteiger partial charge in [-0.2, -0.15) is 0 Å². The molecule has 0 saturated heterocycles. The molecule has 0 radical (unpaired) electrons. The minimum atomic E-state index is 0.791. The van der Waals surface area contributed by atoms with Crippen LogP contribution in [-0.2, 0) is 6.42 Å². The van der Waals surface area contributed by atoms with Gasteiger partial charge >= 0.3 is 0 Å². The molecule has 0 atom stereocenters. The third-order valence-electron chi connectivity index (χ3n) is 5.65. The van der Waals surface area contributed by atoms with Gasteiger partial charge in [-0.3, -0.25) is 0 Å². The lowest BCUT2D eigenvalue weighted by atomic mass is 10.1. The highest BCUT2D eigenvalue weighted by atomic mass is 16.5. The van der Waals surface area contributed by atoms with Gasteiger partial charge in [0.25, 0.3) is 0 Å². The van der Waals surface area contributed by atoms with Gasteiger partial charge in [0.15, 0.2) is 5.82 Å². The number of benzene rings is 1. The molecule has 3 nitrogen and oxygen atoms in total. The van der Waals surface area contributed by atoms with Crippen LogP contribution < -0.4 is 4.74 Å². The van der Waals surface area contributed by atoms with Crippen molar-refractivity contribution in [2.24, 2.45) is 0 Å². The number of nitrogens with zero attached hydrogens (tertiary/aromatic N) is 2. The molecule has 30 heavy (non-hydrogen) atoms. The minimum Gasteiger partial charge on any atom is -0.494 e. The second-order valence-electron chi connectivity index (χ2n) is 8.43. The van der Waals surface area contributed by atoms with E-state index in [0.717, 1.165) is 36.6 Å². The van der Waals surface area contributed by atoms with E-state index in [2.05, 4.69) is 35.9 Å². The van der Waals surface area contributed by atoms with Gasteiger partial charge in [-0.15, -0.1) is 0 Å². The van der Waals surface area contributed by atoms with Crippen LogP contribution in [0, 0.1) is 0 Å². The Morgan fingerprint density at radius 1 is 0.633 bits per heavy atom. The highest BCUT2D eigenvalue weighted by molar-refractivity contribution is 5.55. The van der Waals surface area contributed by atoms with E-state index in [1.165, 1.54) is 82.6 Å². The molecule has 1 aromatic carbocycles. The van der Waals surface area contributed by atoms with Crippen LogP contribution in [0.2, 0.25) is 0 Å². The summed E-state index contributed by atoms with van der Waals surface area (Å²) < 4.78 is 5.89. The molecule has 0 aliphatic carbocycles. The maximum Gasteiger partial charge on any atom is 0.159 e. The van der Waals surface area contributed by atoms with Crippen molar-refractivity contribution in [3.8, 4) is 17.1 Å². The third kappa shape index (κ3) is 10.2. The van der Waals surface area contributed by atoms with E-state index >= 15 is 0 Å². The second-order valence-corrected chi connectivity index (χ2v) is 8.43. The molecular formula is C27H42N2O. The number of ether oxygens (including phenoxy) is 1. The minimum absolute atomic E-state index is 0.791. The molecular weight excluding hydrogens is 368 g/mol. The smallest absolute Gasteiger partial charge is 0.159 e. The molecule has 0 bridgehead atoms. The molecule has 2 aromatic rings. The Hall–Kier alpha value is -1.90. The van der Waals surface area contributed by atoms with E-state index in [4.69, 9.17) is 4.74 Å². The fraction of sp³-hybridized carbons (Fsp3) is 0.630. The lowest BCUT2D eigenvalue weighted by Gasteiger charge is -2.07. The Morgan fingerprint density at radius 2 is 1.17 bits per heavy atom. The summed E-state index contributed by atoms with van der Waals surface area (Å²) in [6, 6.07) is 8.18. The standard InChI is InChI=1S/C27H42N2O/c1-3-5-7-9-10-11-13-15-21-30-26-19-17-25(18-20-26)27-28-22-24(23-29-27)16-14-12-8-6-4-2/h17-20,22-23H,3-16,21H2,1-2H3. The van der Waals surface area contributed by atoms with Gasteiger partial charge in [0, 0.05) is 18.0 Å². The van der Waals surface area contributed by atoms with Crippen molar-refractivity contribution >= 4 is 0 Å². The van der Waals surface area contributed by atoms with Gasteiger partial charge in [0.1, 0.15) is 5.75 Å². The van der Waals surface area contributed by atoms with E-state index in [1.54, 1.807) is 0 Å². The summed E-state index contributed by atoms with van der Waals surface area (Å²) in [7, 11) is 0. The van der Waals surface area contributed by atoms with E-state index in [-0.39, 0.29) is 0 Å². The molecule has 3 heteroatoms. The first-order valence-corrected chi connectivity index (χ1v) is 12.4. The molecule has 0 spiro atoms. The summed E-state index contributed by atoms with van der Waals surface area (Å²) in [4.78, 5) is 9.13. The third-order valence-corrected chi connectivity index (χ3v) is 5.65. The molecule has 0 aliphatic rings. The Bertz CT molecular complexity index is 652. The number of rotatable bonds is 17. The van der Waals surface area contributed by atoms with E-state index < -0.39 is 0 Å². The van der Waals surface area contributed by atoms with Gasteiger partial charge in [0.05, 0.1) is 6.61 Å². The monoisotopic (exact) mass is 410 g/mol. The highest BCUT2D eigenvalue weighted by Gasteiger charge is 2.03. The van der Waals surface area contributed by atoms with Gasteiger partial charge in [-0.05, 0) is 49.1 Å². The van der Waals surface area contributed by atoms with Crippen molar-refractivity contribution in [1.29, 1.82) is 0 Å². The number of aryl methyl sites for hydroxylation is 1. The van der Waals surface area contributed by atoms with Gasteiger partial charge in [0.2, 0.25) is 0 Å². The van der Waals surface area contributed by atoms with Crippen LogP contribution in [0.25, 0.3) is 11.4 Å². The second kappa shape index (κ2) is 15.9. The van der Waals surface area contributed by atoms with Crippen LogP contribution in [0.5, 0.6) is 5.75 Å². The summed E-state index contributed by atoms with van der Waals surface area (Å²) in [5.74, 6) is 1.73. The average molecular weight is 411 g/mol. The van der Waals surface area contributed by atoms with E-state index in [9.17, 15) is 0 Å². The highest BCUT2D eigenvalue weighted by Crippen LogP contribution is 2.20. The summed E-state index contributed by atoms with van der Waals surface area (Å²) in [6.45, 7) is 5.32. The predicted octanol–water partition coefficient (Wildman–Crippen LogP) is 8.18. The van der Waals surface area contributed by atoms with E-state index in [1.807, 2.05) is 24.5 Å². The van der Waals surface area contributed by atoms with Crippen molar-refractivity contribution in [1.82, 2.24) is 9.97 Å². The van der Waals surface area contributed by atoms with Crippen LogP contribution in [0.1, 0.15) is 103 Å². The summed E-state index contributed by atoms with van der Waals surface area (Å²) >= 11 is 0. The fourth-order valence-corrected chi connectivity index (χ4v) is 3.69. The zero-order chi connectivity index (χ0) is 21.3. The molecule has 166 valence electrons. The summed E-state index contributed by atoms with van der Waals surface area (Å²) in [5.41, 5.74) is 2.28. The van der Waals surface area contributed by atoms with Crippen molar-refractivity contribution in [2.45, 2.75) is 104 Å². The van der Waals surface area contributed by atoms with Crippen molar-refractivity contribution in [3.63, 3.8) is 0 Å². The van der Waals surface area contributed by atoms with Crippen LogP contribution in [0.15, 0.2) is 36.7 Å². The normalized spacial score (nSPS) is 11.0. The zero-order valence-electron chi connectivity index (χ0n) is 19.4. The van der Waals surface area contributed by atoms with Crippen LogP contribution in [0.4, 0.5) is 0 Å². The van der Waals surface area contributed by atoms with Crippen LogP contribution in [0.3, 0.4) is 0 Å². The number of aromatic nitrogens is 2. The largest absolute Gasteiger partial charge is 0.494 e. The first kappa shape index (κ1) is 24.4. The van der Waals surface area contributed by atoms with Crippen molar-refractivity contribution in [3.05, 3.63) is 42.2 Å². The molecule has 0 unspecified atom stereocenters. The number of hydrogen-bond donors (Lipinski definition) is 0. The zero-order valence-corrected chi connectivity index (χ0v) is 19.4. The molecule has 0 N–H and O–H groups in total. The summed E-state index contributed by atoms with van der Waals surface area (Å²) in [5, 5.41) is 0. The first-order chi connectivity index (χ1) is 14.8. The Morgan fingerprint density at radius 3 is 1.77 bits per heavy atom. The lowest BCUT2D eigenvalue weighted by Crippen LogP contribution is -1.97. The SMILES string of the molecule is CCCCCCCCCCOc1ccc(-c2ncc(CCCCCCC)cn2)cc1. The molecule has 1 aromatic heterocycles. The summed E-state index contributed by atoms with van der Waals surface area (Å²) in [6.07, 6.45) is 22.1. The van der Waals surface area contributed by atoms with E-state index in [0.29, 0.717) is 0 Å². The topological polar surface area (TPSA) is 35.0 Å². The molecule has 0 amide bonds. The Labute approximate surface area is 184 Å². The maximum absolute atomic E-state index is 5.89. The molecule has 2 rings (SSSR count). The first-order valence-electron chi connectivity index (χ1n) is 12.4. The van der Waals surface area contributed by atoms with Crippen molar-refractivity contribution in [2.75, 3.05) is 6.61 Å². The van der Waals surface area contributed by atoms with Crippen molar-refractivity contribution < 1.29 is 4.74 Å². The molecule has 0 aliphatic heterocycles. The Balaban J connectivity index is 1.64. The van der Waals surface area contributed by atoms with Gasteiger partial charge < -0.3 is 4.74 Å². The number of hydrogen-bond acceptors (Lipinski definition) is 3. The molecule has 1 heterocycles. The predicted molar refractivity (Wildman–Crippen MR) is 128 cm³/mol. The van der Waals surface area contributed by atoms with Gasteiger partial charge in [-0.25, -0.2) is 9.97 Å². The van der Waals surface area contributed by atoms with Crippen LogP contribution >= 0.6 is 0 Å². The quantitative estimate of drug-likeness (QED) is 0.247. The molecule has 0 fully saturated rings. The maximum atomic E-state index is 5.89. The fourth-order valence-electron chi connectivity index (χ4n) is 3.69. The van der Waals surface area contributed by atoms with Crippen LogP contribution in [-0.4, -0.2) is 16.6 Å². The Kier molecular flexibility index (Phi) is 12.9. The molecule has 0 saturated carbocycles.